The Hall–Kier alpha value is -3.42. The van der Waals surface area contributed by atoms with Gasteiger partial charge in [-0.1, -0.05) is 38.0 Å². The van der Waals surface area contributed by atoms with Crippen LogP contribution in [-0.2, 0) is 6.54 Å². The van der Waals surface area contributed by atoms with E-state index in [1.165, 1.54) is 23.3 Å². The second-order valence-corrected chi connectivity index (χ2v) is 6.05. The minimum Gasteiger partial charge on any atom is -0.472 e. The fraction of sp³-hybridized carbons (Fsp3) is 0.263. The van der Waals surface area contributed by atoms with E-state index in [4.69, 9.17) is 4.42 Å². The van der Waals surface area contributed by atoms with Crippen molar-refractivity contribution in [2.24, 2.45) is 0 Å². The molecule has 140 valence electrons. The maximum absolute atomic E-state index is 12.6. The molecule has 2 amide bonds. The number of amides is 2. The van der Waals surface area contributed by atoms with Crippen LogP contribution in [0.5, 0.6) is 0 Å². The van der Waals surface area contributed by atoms with E-state index in [0.717, 1.165) is 19.3 Å². The van der Waals surface area contributed by atoms with Crippen LogP contribution in [0.3, 0.4) is 0 Å². The molecule has 2 aromatic heterocycles. The van der Waals surface area contributed by atoms with Crippen molar-refractivity contribution in [3.05, 3.63) is 64.5 Å². The van der Waals surface area contributed by atoms with E-state index in [9.17, 15) is 14.4 Å². The molecule has 0 radical (unpaired) electrons. The fourth-order valence-corrected chi connectivity index (χ4v) is 2.70. The van der Waals surface area contributed by atoms with Gasteiger partial charge in [-0.3, -0.25) is 25.2 Å². The van der Waals surface area contributed by atoms with E-state index in [0.29, 0.717) is 17.3 Å². The van der Waals surface area contributed by atoms with Crippen molar-refractivity contribution in [3.8, 4) is 0 Å². The Labute approximate surface area is 155 Å². The minimum absolute atomic E-state index is 0.0780. The molecule has 0 aliphatic heterocycles. The number of aryl methyl sites for hydroxylation is 1. The Morgan fingerprint density at radius 3 is 2.52 bits per heavy atom. The fourth-order valence-electron chi connectivity index (χ4n) is 2.70. The summed E-state index contributed by atoms with van der Waals surface area (Å²) in [6.45, 7) is 2.50. The van der Waals surface area contributed by atoms with Crippen molar-refractivity contribution in [1.29, 1.82) is 0 Å². The van der Waals surface area contributed by atoms with Gasteiger partial charge in [0.05, 0.1) is 17.2 Å². The van der Waals surface area contributed by atoms with Crippen molar-refractivity contribution >= 4 is 22.6 Å². The first-order valence-corrected chi connectivity index (χ1v) is 8.74. The molecule has 3 rings (SSSR count). The maximum Gasteiger partial charge on any atom is 0.290 e. The number of carbonyl (C=O) groups excluding carboxylic acids is 2. The summed E-state index contributed by atoms with van der Waals surface area (Å²) in [6, 6.07) is 8.26. The molecule has 0 bridgehead atoms. The van der Waals surface area contributed by atoms with Crippen molar-refractivity contribution in [2.45, 2.75) is 32.7 Å². The summed E-state index contributed by atoms with van der Waals surface area (Å²) in [7, 11) is 0. The van der Waals surface area contributed by atoms with E-state index in [1.807, 2.05) is 0 Å². The van der Waals surface area contributed by atoms with Crippen molar-refractivity contribution in [3.63, 3.8) is 0 Å². The Kier molecular flexibility index (Phi) is 5.65. The maximum atomic E-state index is 12.6. The van der Waals surface area contributed by atoms with Crippen LogP contribution in [0.4, 0.5) is 0 Å². The molecule has 0 unspecified atom stereocenters. The van der Waals surface area contributed by atoms with Gasteiger partial charge in [-0.2, -0.15) is 5.10 Å². The number of furan rings is 1. The Morgan fingerprint density at radius 1 is 1.07 bits per heavy atom. The molecule has 0 saturated heterocycles. The van der Waals surface area contributed by atoms with Gasteiger partial charge in [0, 0.05) is 11.9 Å². The Morgan fingerprint density at radius 2 is 1.81 bits per heavy atom. The van der Waals surface area contributed by atoms with Gasteiger partial charge in [0.25, 0.3) is 17.4 Å². The molecule has 2 heterocycles. The summed E-state index contributed by atoms with van der Waals surface area (Å²) < 4.78 is 6.15. The third-order valence-corrected chi connectivity index (χ3v) is 4.13. The second-order valence-electron chi connectivity index (χ2n) is 6.05. The summed E-state index contributed by atoms with van der Waals surface area (Å²) in [6.07, 6.45) is 5.39. The second kappa shape index (κ2) is 8.31. The molecule has 0 atom stereocenters. The topological polar surface area (TPSA) is 106 Å². The van der Waals surface area contributed by atoms with Crippen LogP contribution < -0.4 is 16.4 Å². The van der Waals surface area contributed by atoms with Crippen molar-refractivity contribution in [2.75, 3.05) is 0 Å². The Balaban J connectivity index is 1.87. The zero-order chi connectivity index (χ0) is 19.2. The van der Waals surface area contributed by atoms with E-state index >= 15 is 0 Å². The van der Waals surface area contributed by atoms with Crippen LogP contribution in [0.2, 0.25) is 0 Å². The number of carbonyl (C=O) groups is 2. The predicted octanol–water partition coefficient (Wildman–Crippen LogP) is 2.25. The number of hydrogen-bond donors (Lipinski definition) is 2. The predicted molar refractivity (Wildman–Crippen MR) is 99.2 cm³/mol. The highest BCUT2D eigenvalue weighted by molar-refractivity contribution is 6.05. The van der Waals surface area contributed by atoms with Gasteiger partial charge in [-0.05, 0) is 18.6 Å². The number of hydrazine groups is 1. The van der Waals surface area contributed by atoms with E-state index in [2.05, 4.69) is 22.9 Å². The molecule has 1 aromatic carbocycles. The lowest BCUT2D eigenvalue weighted by Crippen LogP contribution is -2.42. The largest absolute Gasteiger partial charge is 0.472 e. The van der Waals surface area contributed by atoms with Gasteiger partial charge in [0.15, 0.2) is 5.69 Å². The number of nitrogens with one attached hydrogen (secondary N) is 2. The molecule has 0 aliphatic rings. The summed E-state index contributed by atoms with van der Waals surface area (Å²) in [5, 5.41) is 5.08. The lowest BCUT2D eigenvalue weighted by molar-refractivity contribution is 0.0843. The van der Waals surface area contributed by atoms with Crippen LogP contribution in [0.25, 0.3) is 10.8 Å². The summed E-state index contributed by atoms with van der Waals surface area (Å²) in [5.74, 6) is -1.12. The number of fused-ring (bicyclic) bond motifs is 1. The zero-order valence-electron chi connectivity index (χ0n) is 14.9. The molecule has 0 fully saturated rings. The van der Waals surface area contributed by atoms with Crippen LogP contribution >= 0.6 is 0 Å². The molecule has 0 aliphatic carbocycles. The van der Waals surface area contributed by atoms with Crippen LogP contribution in [-0.4, -0.2) is 21.6 Å². The van der Waals surface area contributed by atoms with Crippen LogP contribution in [0, 0.1) is 0 Å². The standard InChI is InChI=1S/C19H20N4O4/c1-2-3-6-10-23-19(26)15-8-5-4-7-14(15)16(22-23)18(25)21-20-17(24)13-9-11-27-12-13/h4-5,7-9,11-12H,2-3,6,10H2,1H3,(H,20,24)(H,21,25). The highest BCUT2D eigenvalue weighted by Crippen LogP contribution is 2.13. The lowest BCUT2D eigenvalue weighted by atomic mass is 10.1. The monoisotopic (exact) mass is 368 g/mol. The number of aromatic nitrogens is 2. The highest BCUT2D eigenvalue weighted by Gasteiger charge is 2.17. The van der Waals surface area contributed by atoms with E-state index < -0.39 is 11.8 Å². The number of rotatable bonds is 6. The van der Waals surface area contributed by atoms with E-state index in [-0.39, 0.29) is 16.8 Å². The van der Waals surface area contributed by atoms with Crippen molar-refractivity contribution in [1.82, 2.24) is 20.6 Å². The van der Waals surface area contributed by atoms with Gasteiger partial charge in [-0.25, -0.2) is 4.68 Å². The number of benzene rings is 1. The van der Waals surface area contributed by atoms with Crippen LogP contribution in [0.1, 0.15) is 47.0 Å². The van der Waals surface area contributed by atoms with Gasteiger partial charge in [0.2, 0.25) is 0 Å². The van der Waals surface area contributed by atoms with Crippen molar-refractivity contribution < 1.29 is 14.0 Å². The SMILES string of the molecule is CCCCCn1nc(C(=O)NNC(=O)c2ccoc2)c2ccccc2c1=O. The third kappa shape index (κ3) is 4.05. The van der Waals surface area contributed by atoms with Gasteiger partial charge >= 0.3 is 0 Å². The number of nitrogens with zero attached hydrogens (tertiary/aromatic N) is 2. The Bertz CT molecular complexity index is 1010. The lowest BCUT2D eigenvalue weighted by Gasteiger charge is -2.11. The number of hydrogen-bond acceptors (Lipinski definition) is 5. The first kappa shape index (κ1) is 18.4. The third-order valence-electron chi connectivity index (χ3n) is 4.13. The average molecular weight is 368 g/mol. The normalized spacial score (nSPS) is 10.7. The molecular weight excluding hydrogens is 348 g/mol. The molecule has 0 saturated carbocycles. The first-order valence-electron chi connectivity index (χ1n) is 8.74. The molecule has 0 spiro atoms. The molecule has 2 N–H and O–H groups in total. The zero-order valence-corrected chi connectivity index (χ0v) is 14.9. The summed E-state index contributed by atoms with van der Waals surface area (Å²) >= 11 is 0. The molecule has 8 nitrogen and oxygen atoms in total. The van der Waals surface area contributed by atoms with Crippen LogP contribution in [0.15, 0.2) is 52.1 Å². The smallest absolute Gasteiger partial charge is 0.290 e. The molecule has 3 aromatic rings. The highest BCUT2D eigenvalue weighted by atomic mass is 16.3. The quantitative estimate of drug-likeness (QED) is 0.513. The summed E-state index contributed by atoms with van der Waals surface area (Å²) in [4.78, 5) is 37.1. The number of unbranched alkanes of at least 4 members (excludes halogenated alkanes) is 2. The molecule has 8 heteroatoms. The van der Waals surface area contributed by atoms with Gasteiger partial charge < -0.3 is 4.42 Å². The minimum atomic E-state index is -0.604. The average Bonchev–Trinajstić information content (AvgIpc) is 3.23. The molecule has 27 heavy (non-hydrogen) atoms. The molecular formula is C19H20N4O4. The van der Waals surface area contributed by atoms with E-state index in [1.54, 1.807) is 24.3 Å². The van der Waals surface area contributed by atoms with Gasteiger partial charge in [-0.15, -0.1) is 0 Å². The first-order chi connectivity index (χ1) is 13.1. The summed E-state index contributed by atoms with van der Waals surface area (Å²) in [5.41, 5.74) is 4.76. The van der Waals surface area contributed by atoms with Gasteiger partial charge in [0.1, 0.15) is 6.26 Å².